The van der Waals surface area contributed by atoms with E-state index < -0.39 is 34.3 Å². The summed E-state index contributed by atoms with van der Waals surface area (Å²) in [4.78, 5) is 28.0. The van der Waals surface area contributed by atoms with Gasteiger partial charge in [-0.2, -0.15) is 0 Å². The molecule has 0 aliphatic carbocycles. The van der Waals surface area contributed by atoms with E-state index in [1.807, 2.05) is 6.92 Å². The zero-order chi connectivity index (χ0) is 26.9. The number of anilines is 1. The number of methoxy groups -OCH3 is 1. The average Bonchev–Trinajstić information content (AvgIpc) is 2.84. The number of rotatable bonds is 13. The molecule has 1 atom stereocenters. The van der Waals surface area contributed by atoms with Gasteiger partial charge in [0.2, 0.25) is 21.8 Å². The Morgan fingerprint density at radius 1 is 1.14 bits per heavy atom. The Hall–Kier alpha value is -2.85. The highest BCUT2D eigenvalue weighted by Crippen LogP contribution is 2.25. The topological polar surface area (TPSA) is 96.0 Å². The number of carbonyl (C=O) groups is 2. The second-order valence-corrected chi connectivity index (χ2v) is 10.6. The van der Waals surface area contributed by atoms with E-state index in [9.17, 15) is 22.4 Å². The van der Waals surface area contributed by atoms with Gasteiger partial charge in [-0.05, 0) is 48.7 Å². The number of amides is 2. The summed E-state index contributed by atoms with van der Waals surface area (Å²) in [7, 11) is -2.40. The third-order valence-corrected chi connectivity index (χ3v) is 7.03. The SMILES string of the molecule is CCCCNC(=O)C(CC)N(Cc1ccc(OC)cc1)C(=O)CN(c1ccc(F)c(Cl)c1)S(C)(=O)=O. The first-order chi connectivity index (χ1) is 17.0. The van der Waals surface area contributed by atoms with Crippen LogP contribution in [-0.2, 0) is 26.2 Å². The molecule has 0 aliphatic heterocycles. The van der Waals surface area contributed by atoms with Crippen LogP contribution in [0, 0.1) is 5.82 Å². The van der Waals surface area contributed by atoms with E-state index in [2.05, 4.69) is 5.32 Å². The molecule has 36 heavy (non-hydrogen) atoms. The van der Waals surface area contributed by atoms with Crippen LogP contribution in [0.25, 0.3) is 0 Å². The van der Waals surface area contributed by atoms with Crippen LogP contribution in [0.15, 0.2) is 42.5 Å². The monoisotopic (exact) mass is 541 g/mol. The highest BCUT2D eigenvalue weighted by molar-refractivity contribution is 7.92. The minimum absolute atomic E-state index is 0.0436. The van der Waals surface area contributed by atoms with E-state index in [0.29, 0.717) is 18.7 Å². The predicted octanol–water partition coefficient (Wildman–Crippen LogP) is 3.98. The molecule has 0 aliphatic rings. The number of halogens is 2. The van der Waals surface area contributed by atoms with Crippen LogP contribution in [0.1, 0.15) is 38.7 Å². The Kier molecular flexibility index (Phi) is 11.0. The van der Waals surface area contributed by atoms with Gasteiger partial charge in [0.1, 0.15) is 24.2 Å². The van der Waals surface area contributed by atoms with Gasteiger partial charge in [0.05, 0.1) is 24.1 Å². The quantitative estimate of drug-likeness (QED) is 0.387. The molecule has 0 heterocycles. The molecule has 0 saturated carbocycles. The normalized spacial score (nSPS) is 12.1. The molecule has 1 unspecified atom stereocenters. The van der Waals surface area contributed by atoms with Crippen molar-refractivity contribution in [3.63, 3.8) is 0 Å². The Labute approximate surface area is 217 Å². The largest absolute Gasteiger partial charge is 0.497 e. The molecule has 0 fully saturated rings. The highest BCUT2D eigenvalue weighted by Gasteiger charge is 2.31. The summed E-state index contributed by atoms with van der Waals surface area (Å²) in [6.45, 7) is 3.75. The molecule has 0 bridgehead atoms. The molecule has 0 spiro atoms. The van der Waals surface area contributed by atoms with Crippen molar-refractivity contribution in [1.82, 2.24) is 10.2 Å². The van der Waals surface area contributed by atoms with Crippen LogP contribution in [0.4, 0.5) is 10.1 Å². The third kappa shape index (κ3) is 8.09. The summed E-state index contributed by atoms with van der Waals surface area (Å²) in [6, 6.07) is 9.61. The first-order valence-electron chi connectivity index (χ1n) is 11.6. The van der Waals surface area contributed by atoms with Crippen molar-refractivity contribution in [3.8, 4) is 5.75 Å². The van der Waals surface area contributed by atoms with Gasteiger partial charge in [0.25, 0.3) is 0 Å². The summed E-state index contributed by atoms with van der Waals surface area (Å²) in [5, 5.41) is 2.59. The third-order valence-electron chi connectivity index (χ3n) is 5.60. The summed E-state index contributed by atoms with van der Waals surface area (Å²) in [5.74, 6) is -0.980. The number of nitrogens with zero attached hydrogens (tertiary/aromatic N) is 2. The number of unbranched alkanes of at least 4 members (excludes halogenated alkanes) is 1. The molecule has 1 N–H and O–H groups in total. The van der Waals surface area contributed by atoms with Crippen molar-refractivity contribution < 1.29 is 27.1 Å². The fourth-order valence-corrected chi connectivity index (χ4v) is 4.62. The molecule has 2 aromatic carbocycles. The fraction of sp³-hybridized carbons (Fsp3) is 0.440. The Morgan fingerprint density at radius 3 is 2.33 bits per heavy atom. The van der Waals surface area contributed by atoms with Crippen LogP contribution in [0.3, 0.4) is 0 Å². The maximum Gasteiger partial charge on any atom is 0.244 e. The first-order valence-corrected chi connectivity index (χ1v) is 13.9. The van der Waals surface area contributed by atoms with Crippen molar-refractivity contribution in [2.45, 2.75) is 45.7 Å². The summed E-state index contributed by atoms with van der Waals surface area (Å²) >= 11 is 5.86. The maximum absolute atomic E-state index is 13.7. The van der Waals surface area contributed by atoms with Crippen molar-refractivity contribution in [1.29, 1.82) is 0 Å². The van der Waals surface area contributed by atoms with Crippen molar-refractivity contribution in [3.05, 3.63) is 58.9 Å². The molecule has 198 valence electrons. The predicted molar refractivity (Wildman–Crippen MR) is 139 cm³/mol. The Bertz CT molecular complexity index is 1140. The number of carbonyl (C=O) groups excluding carboxylic acids is 2. The first kappa shape index (κ1) is 29.4. The van der Waals surface area contributed by atoms with Gasteiger partial charge in [0.15, 0.2) is 0 Å². The lowest BCUT2D eigenvalue weighted by Crippen LogP contribution is -2.52. The van der Waals surface area contributed by atoms with Gasteiger partial charge in [0, 0.05) is 13.1 Å². The number of sulfonamides is 1. The molecule has 0 radical (unpaired) electrons. The van der Waals surface area contributed by atoms with Gasteiger partial charge in [-0.3, -0.25) is 13.9 Å². The van der Waals surface area contributed by atoms with Gasteiger partial charge in [-0.25, -0.2) is 12.8 Å². The molecule has 2 rings (SSSR count). The number of benzene rings is 2. The highest BCUT2D eigenvalue weighted by atomic mass is 35.5. The minimum Gasteiger partial charge on any atom is -0.497 e. The van der Waals surface area contributed by atoms with E-state index in [1.54, 1.807) is 38.3 Å². The number of nitrogens with one attached hydrogen (secondary N) is 1. The average molecular weight is 542 g/mol. The zero-order valence-electron chi connectivity index (χ0n) is 21.0. The Morgan fingerprint density at radius 2 is 1.81 bits per heavy atom. The van der Waals surface area contributed by atoms with Crippen LogP contribution >= 0.6 is 11.6 Å². The van der Waals surface area contributed by atoms with Crippen molar-refractivity contribution in [2.75, 3.05) is 30.8 Å². The van der Waals surface area contributed by atoms with Crippen LogP contribution in [0.2, 0.25) is 5.02 Å². The number of hydrogen-bond acceptors (Lipinski definition) is 5. The van der Waals surface area contributed by atoms with E-state index in [0.717, 1.165) is 41.1 Å². The van der Waals surface area contributed by atoms with Gasteiger partial charge in [-0.1, -0.05) is 44.0 Å². The molecular formula is C25H33ClFN3O5S. The van der Waals surface area contributed by atoms with Gasteiger partial charge < -0.3 is 15.0 Å². The molecule has 11 heteroatoms. The molecule has 0 saturated heterocycles. The van der Waals surface area contributed by atoms with E-state index in [1.165, 1.54) is 11.0 Å². The second-order valence-electron chi connectivity index (χ2n) is 8.31. The minimum atomic E-state index is -3.94. The molecule has 0 aromatic heterocycles. The summed E-state index contributed by atoms with van der Waals surface area (Å²) in [5.41, 5.74) is 0.779. The second kappa shape index (κ2) is 13.5. The van der Waals surface area contributed by atoms with E-state index in [4.69, 9.17) is 16.3 Å². The lowest BCUT2D eigenvalue weighted by molar-refractivity contribution is -0.140. The fourth-order valence-electron chi connectivity index (χ4n) is 3.61. The lowest BCUT2D eigenvalue weighted by atomic mass is 10.1. The summed E-state index contributed by atoms with van der Waals surface area (Å²) in [6.07, 6.45) is 2.96. The van der Waals surface area contributed by atoms with Gasteiger partial charge >= 0.3 is 0 Å². The van der Waals surface area contributed by atoms with Crippen LogP contribution in [0.5, 0.6) is 5.75 Å². The maximum atomic E-state index is 13.7. The standard InChI is InChI=1S/C25H33ClFN3O5S/c1-5-7-14-28-25(32)23(6-2)29(16-18-8-11-20(35-3)12-9-18)24(31)17-30(36(4,33)34)19-10-13-22(27)21(26)15-19/h8-13,15,23H,5-7,14,16-17H2,1-4H3,(H,28,32). The molecular weight excluding hydrogens is 509 g/mol. The van der Waals surface area contributed by atoms with Crippen molar-refractivity contribution >= 4 is 39.1 Å². The molecule has 2 amide bonds. The molecule has 8 nitrogen and oxygen atoms in total. The lowest BCUT2D eigenvalue weighted by Gasteiger charge is -2.33. The van der Waals surface area contributed by atoms with E-state index in [-0.39, 0.29) is 23.2 Å². The Balaban J connectivity index is 2.42. The van der Waals surface area contributed by atoms with Crippen LogP contribution in [-0.4, -0.2) is 57.6 Å². The van der Waals surface area contributed by atoms with Gasteiger partial charge in [-0.15, -0.1) is 0 Å². The smallest absolute Gasteiger partial charge is 0.244 e. The summed E-state index contributed by atoms with van der Waals surface area (Å²) < 4.78 is 44.9. The number of ether oxygens (including phenoxy) is 1. The zero-order valence-corrected chi connectivity index (χ0v) is 22.5. The molecule has 2 aromatic rings. The van der Waals surface area contributed by atoms with Crippen LogP contribution < -0.4 is 14.4 Å². The van der Waals surface area contributed by atoms with E-state index >= 15 is 0 Å². The number of hydrogen-bond donors (Lipinski definition) is 1. The van der Waals surface area contributed by atoms with Crippen molar-refractivity contribution in [2.24, 2.45) is 0 Å².